The van der Waals surface area contributed by atoms with Gasteiger partial charge in [-0.15, -0.1) is 0 Å². The lowest BCUT2D eigenvalue weighted by molar-refractivity contribution is -0.144. The number of nitrogens with one attached hydrogen (secondary N) is 1. The lowest BCUT2D eigenvalue weighted by Gasteiger charge is -2.17. The van der Waals surface area contributed by atoms with Crippen LogP contribution in [0.4, 0.5) is 5.69 Å². The van der Waals surface area contributed by atoms with Crippen LogP contribution in [-0.4, -0.2) is 55.3 Å². The largest absolute Gasteiger partial charge is 0.493 e. The average Bonchev–Trinajstić information content (AvgIpc) is 3.17. The van der Waals surface area contributed by atoms with Gasteiger partial charge in [0.2, 0.25) is 11.8 Å². The molecule has 34 heavy (non-hydrogen) atoms. The van der Waals surface area contributed by atoms with Crippen LogP contribution >= 0.6 is 0 Å². The number of anilines is 1. The number of amides is 2. The van der Waals surface area contributed by atoms with E-state index in [1.165, 1.54) is 20.1 Å². The molecule has 0 aliphatic heterocycles. The molecule has 0 unspecified atom stereocenters. The van der Waals surface area contributed by atoms with E-state index >= 15 is 0 Å². The van der Waals surface area contributed by atoms with Gasteiger partial charge in [-0.05, 0) is 44.9 Å². The van der Waals surface area contributed by atoms with Gasteiger partial charge < -0.3 is 24.1 Å². The van der Waals surface area contributed by atoms with Gasteiger partial charge in [-0.2, -0.15) is 0 Å². The Morgan fingerprint density at radius 1 is 1.06 bits per heavy atom. The Bertz CT molecular complexity index is 1110. The van der Waals surface area contributed by atoms with Crippen molar-refractivity contribution >= 4 is 45.8 Å². The molecule has 0 bridgehead atoms. The van der Waals surface area contributed by atoms with E-state index in [1.54, 1.807) is 30.9 Å². The van der Waals surface area contributed by atoms with Crippen molar-refractivity contribution in [3.63, 3.8) is 0 Å². The molecule has 0 saturated carbocycles. The number of hydrogen-bond donors (Lipinski definition) is 1. The fourth-order valence-electron chi connectivity index (χ4n) is 3.58. The third-order valence-corrected chi connectivity index (χ3v) is 5.31. The molecule has 1 N–H and O–H groups in total. The summed E-state index contributed by atoms with van der Waals surface area (Å²) < 4.78 is 16.1. The molecule has 184 valence electrons. The molecule has 0 radical (unpaired) electrons. The van der Waals surface area contributed by atoms with E-state index in [0.29, 0.717) is 35.4 Å². The van der Waals surface area contributed by atoms with Gasteiger partial charge in [0.05, 0.1) is 31.2 Å². The minimum Gasteiger partial charge on any atom is -0.493 e. The summed E-state index contributed by atoms with van der Waals surface area (Å²) in [5.41, 5.74) is 1.68. The number of hydrogen-bond acceptors (Lipinski definition) is 7. The molecule has 2 amide bonds. The normalized spacial score (nSPS) is 11.3. The van der Waals surface area contributed by atoms with Crippen LogP contribution in [0.2, 0.25) is 0 Å². The van der Waals surface area contributed by atoms with Crippen LogP contribution in [0.5, 0.6) is 5.75 Å². The average molecular weight is 473 g/mol. The van der Waals surface area contributed by atoms with Crippen molar-refractivity contribution in [1.82, 2.24) is 4.90 Å². The Morgan fingerprint density at radius 3 is 2.29 bits per heavy atom. The van der Waals surface area contributed by atoms with Crippen molar-refractivity contribution in [1.29, 1.82) is 0 Å². The molecule has 2 rings (SSSR count). The molecule has 1 aromatic carbocycles. The Kier molecular flexibility index (Phi) is 9.41. The number of likely N-dealkylation sites (N-methyl/N-ethyl adjacent to an activating group) is 1. The molecule has 0 spiro atoms. The predicted molar refractivity (Wildman–Crippen MR) is 129 cm³/mol. The number of allylic oxidation sites excluding steroid dienone is 1. The number of carbonyl (C=O) groups is 4. The molecule has 0 atom stereocenters. The van der Waals surface area contributed by atoms with Crippen LogP contribution in [0.25, 0.3) is 16.5 Å². The smallest absolute Gasteiger partial charge is 0.306 e. The molecule has 0 fully saturated rings. The third kappa shape index (κ3) is 6.03. The summed E-state index contributed by atoms with van der Waals surface area (Å²) in [7, 11) is 1.47. The van der Waals surface area contributed by atoms with E-state index < -0.39 is 17.7 Å². The highest BCUT2D eigenvalue weighted by Crippen LogP contribution is 2.41. The van der Waals surface area contributed by atoms with E-state index in [1.807, 2.05) is 13.8 Å². The summed E-state index contributed by atoms with van der Waals surface area (Å²) in [5.74, 6) is -1.19. The van der Waals surface area contributed by atoms with Gasteiger partial charge in [-0.1, -0.05) is 6.07 Å². The standard InChI is InChI=1S/C25H32N2O7/c1-7-27(8-2)20(30)14-15(4)17-10-11-18(32-6)25-22(17)23(24(34-25)16(5)28)26-19(29)12-13-21(31)33-9-3/h10-11,14H,7-9,12-13H2,1-6H3,(H,26,29)/b15-14+. The van der Waals surface area contributed by atoms with Gasteiger partial charge in [0.25, 0.3) is 0 Å². The van der Waals surface area contributed by atoms with Gasteiger partial charge in [0, 0.05) is 32.5 Å². The summed E-state index contributed by atoms with van der Waals surface area (Å²) in [6.45, 7) is 9.94. The first-order valence-electron chi connectivity index (χ1n) is 11.3. The quantitative estimate of drug-likeness (QED) is 0.296. The van der Waals surface area contributed by atoms with Crippen LogP contribution in [0.15, 0.2) is 22.6 Å². The number of benzene rings is 1. The molecule has 9 heteroatoms. The van der Waals surface area contributed by atoms with Crippen molar-refractivity contribution < 1.29 is 33.1 Å². The first kappa shape index (κ1) is 26.6. The highest BCUT2D eigenvalue weighted by molar-refractivity contribution is 6.15. The summed E-state index contributed by atoms with van der Waals surface area (Å²) >= 11 is 0. The molecule has 1 heterocycles. The van der Waals surface area contributed by atoms with Crippen molar-refractivity contribution in [3.05, 3.63) is 29.5 Å². The van der Waals surface area contributed by atoms with Crippen molar-refractivity contribution in [2.24, 2.45) is 0 Å². The van der Waals surface area contributed by atoms with Crippen molar-refractivity contribution in [3.8, 4) is 5.75 Å². The maximum atomic E-state index is 12.7. The van der Waals surface area contributed by atoms with Crippen molar-refractivity contribution in [2.75, 3.05) is 32.1 Å². The van der Waals surface area contributed by atoms with Gasteiger partial charge in [-0.3, -0.25) is 19.2 Å². The first-order valence-corrected chi connectivity index (χ1v) is 11.3. The van der Waals surface area contributed by atoms with E-state index in [-0.39, 0.29) is 42.4 Å². The summed E-state index contributed by atoms with van der Waals surface area (Å²) in [5, 5.41) is 3.16. The number of furan rings is 1. The summed E-state index contributed by atoms with van der Waals surface area (Å²) in [4.78, 5) is 51.0. The Labute approximate surface area is 199 Å². The number of fused-ring (bicyclic) bond motifs is 1. The lowest BCUT2D eigenvalue weighted by atomic mass is 10.00. The van der Waals surface area contributed by atoms with Gasteiger partial charge in [0.15, 0.2) is 22.9 Å². The molecule has 0 aliphatic rings. The maximum absolute atomic E-state index is 12.7. The van der Waals surface area contributed by atoms with Crippen LogP contribution in [0.3, 0.4) is 0 Å². The maximum Gasteiger partial charge on any atom is 0.306 e. The summed E-state index contributed by atoms with van der Waals surface area (Å²) in [6, 6.07) is 3.42. The predicted octanol–water partition coefficient (Wildman–Crippen LogP) is 4.20. The number of methoxy groups -OCH3 is 1. The van der Waals surface area contributed by atoms with Crippen LogP contribution in [0, 0.1) is 0 Å². The number of Topliss-reactive ketones (excluding diaryl/α,β-unsaturated/α-hetero) is 1. The van der Waals surface area contributed by atoms with E-state index in [2.05, 4.69) is 5.32 Å². The van der Waals surface area contributed by atoms with Gasteiger partial charge in [0.1, 0.15) is 0 Å². The number of carbonyl (C=O) groups excluding carboxylic acids is 4. The minimum atomic E-state index is -0.488. The zero-order valence-corrected chi connectivity index (χ0v) is 20.6. The zero-order chi connectivity index (χ0) is 25.4. The highest BCUT2D eigenvalue weighted by atomic mass is 16.5. The second-order valence-electron chi connectivity index (χ2n) is 7.57. The zero-order valence-electron chi connectivity index (χ0n) is 20.6. The highest BCUT2D eigenvalue weighted by Gasteiger charge is 2.25. The Balaban J connectivity index is 2.60. The Morgan fingerprint density at radius 2 is 1.74 bits per heavy atom. The van der Waals surface area contributed by atoms with Gasteiger partial charge in [-0.25, -0.2) is 0 Å². The third-order valence-electron chi connectivity index (χ3n) is 5.31. The van der Waals surface area contributed by atoms with Gasteiger partial charge >= 0.3 is 5.97 Å². The topological polar surface area (TPSA) is 115 Å². The van der Waals surface area contributed by atoms with Crippen LogP contribution in [-0.2, 0) is 19.1 Å². The molecule has 0 aliphatic carbocycles. The molecular weight excluding hydrogens is 440 g/mol. The fraction of sp³-hybridized carbons (Fsp3) is 0.440. The molecule has 9 nitrogen and oxygen atoms in total. The van der Waals surface area contributed by atoms with E-state index in [9.17, 15) is 19.2 Å². The first-order chi connectivity index (χ1) is 16.2. The SMILES string of the molecule is CCOC(=O)CCC(=O)Nc1c(C(C)=O)oc2c(OC)ccc(/C(C)=C/C(=O)N(CC)CC)c12. The Hall–Kier alpha value is -3.62. The number of ether oxygens (including phenoxy) is 2. The number of ketones is 1. The van der Waals surface area contributed by atoms with E-state index in [4.69, 9.17) is 13.9 Å². The molecule has 0 saturated heterocycles. The van der Waals surface area contributed by atoms with Crippen molar-refractivity contribution in [2.45, 2.75) is 47.5 Å². The monoisotopic (exact) mass is 472 g/mol. The molecule has 1 aromatic heterocycles. The molecule has 2 aromatic rings. The number of rotatable bonds is 11. The number of esters is 1. The second kappa shape index (κ2) is 12.0. The van der Waals surface area contributed by atoms with Crippen LogP contribution < -0.4 is 10.1 Å². The number of nitrogens with zero attached hydrogens (tertiary/aromatic N) is 1. The lowest BCUT2D eigenvalue weighted by Crippen LogP contribution is -2.28. The summed E-state index contributed by atoms with van der Waals surface area (Å²) in [6.07, 6.45) is 1.29. The molecular formula is C25H32N2O7. The fourth-order valence-corrected chi connectivity index (χ4v) is 3.58. The van der Waals surface area contributed by atoms with Crippen LogP contribution in [0.1, 0.15) is 63.6 Å². The van der Waals surface area contributed by atoms with E-state index in [0.717, 1.165) is 0 Å². The second-order valence-corrected chi connectivity index (χ2v) is 7.57. The minimum absolute atomic E-state index is 0.0481.